The number of nitrogens with zero attached hydrogens (tertiary/aromatic N) is 6. The maximum absolute atomic E-state index is 5.53. The molecule has 0 bridgehead atoms. The maximum Gasteiger partial charge on any atom is 0.178 e. The Morgan fingerprint density at radius 3 is 2.49 bits per heavy atom. The standard InChI is InChI=1S/C31H29N9O/c1-19-13-21(7-8-32-19)36-23-15-29-30(34-18-23)39-31(38-29)27-5-3-22(17-33-27)37-28-14-20(2)35-26-6-4-24(16-25(26)28)40-9-11-41-12-10-40/h3-8,13-18H,9-12H2,1-2H3,(H,32,36)(H,35,37)(H,34,38,39). The van der Waals surface area contributed by atoms with Gasteiger partial charge in [-0.2, -0.15) is 0 Å². The van der Waals surface area contributed by atoms with Gasteiger partial charge in [-0.05, 0) is 68.4 Å². The van der Waals surface area contributed by atoms with Gasteiger partial charge in [0.15, 0.2) is 11.5 Å². The van der Waals surface area contributed by atoms with Crippen molar-refractivity contribution in [3.05, 3.63) is 84.6 Å². The fraction of sp³-hybridized carbons (Fsp3) is 0.194. The number of hydrogen-bond acceptors (Lipinski definition) is 9. The van der Waals surface area contributed by atoms with Crippen molar-refractivity contribution in [2.45, 2.75) is 13.8 Å². The molecule has 3 N–H and O–H groups in total. The molecule has 6 aromatic rings. The van der Waals surface area contributed by atoms with E-state index >= 15 is 0 Å². The Morgan fingerprint density at radius 2 is 1.66 bits per heavy atom. The molecule has 1 aromatic carbocycles. The van der Waals surface area contributed by atoms with Crippen LogP contribution in [-0.2, 0) is 4.74 Å². The van der Waals surface area contributed by atoms with E-state index in [9.17, 15) is 0 Å². The minimum absolute atomic E-state index is 0.635. The third-order valence-corrected chi connectivity index (χ3v) is 7.10. The second kappa shape index (κ2) is 10.5. The Morgan fingerprint density at radius 1 is 0.780 bits per heavy atom. The van der Waals surface area contributed by atoms with Crippen LogP contribution >= 0.6 is 0 Å². The first kappa shape index (κ1) is 24.9. The van der Waals surface area contributed by atoms with Crippen LogP contribution in [0.15, 0.2) is 73.2 Å². The largest absolute Gasteiger partial charge is 0.378 e. The second-order valence-electron chi connectivity index (χ2n) is 10.2. The second-order valence-corrected chi connectivity index (χ2v) is 10.2. The summed E-state index contributed by atoms with van der Waals surface area (Å²) < 4.78 is 5.53. The van der Waals surface area contributed by atoms with Crippen LogP contribution in [0.2, 0.25) is 0 Å². The molecule has 0 spiro atoms. The SMILES string of the molecule is Cc1cc(Nc2cnc3nc(-c4ccc(Nc5cc(C)nc6ccc(N7CCOCC7)cc56)cn4)[nH]c3c2)ccn1. The lowest BCUT2D eigenvalue weighted by Gasteiger charge is -2.29. The summed E-state index contributed by atoms with van der Waals surface area (Å²) in [5, 5.41) is 7.99. The summed E-state index contributed by atoms with van der Waals surface area (Å²) in [4.78, 5) is 28.6. The number of nitrogens with one attached hydrogen (secondary N) is 3. The molecule has 10 heteroatoms. The summed E-state index contributed by atoms with van der Waals surface area (Å²) in [6.07, 6.45) is 5.37. The van der Waals surface area contributed by atoms with Crippen LogP contribution < -0.4 is 15.5 Å². The highest BCUT2D eigenvalue weighted by atomic mass is 16.5. The molecule has 7 rings (SSSR count). The molecular formula is C31H29N9O. The molecule has 0 saturated carbocycles. The summed E-state index contributed by atoms with van der Waals surface area (Å²) >= 11 is 0. The molecule has 41 heavy (non-hydrogen) atoms. The molecule has 0 unspecified atom stereocenters. The molecule has 1 fully saturated rings. The zero-order chi connectivity index (χ0) is 27.8. The first-order valence-electron chi connectivity index (χ1n) is 13.6. The Hall–Kier alpha value is -5.09. The van der Waals surface area contributed by atoms with E-state index in [2.05, 4.69) is 64.7 Å². The third-order valence-electron chi connectivity index (χ3n) is 7.10. The number of fused-ring (bicyclic) bond motifs is 2. The van der Waals surface area contributed by atoms with E-state index in [4.69, 9.17) is 9.72 Å². The number of aryl methyl sites for hydroxylation is 2. The number of aromatic amines is 1. The van der Waals surface area contributed by atoms with E-state index < -0.39 is 0 Å². The maximum atomic E-state index is 5.53. The monoisotopic (exact) mass is 543 g/mol. The number of morpholine rings is 1. The minimum Gasteiger partial charge on any atom is -0.378 e. The van der Waals surface area contributed by atoms with Crippen molar-refractivity contribution in [1.82, 2.24) is 29.9 Å². The number of rotatable bonds is 6. The van der Waals surface area contributed by atoms with Crippen molar-refractivity contribution in [2.75, 3.05) is 41.8 Å². The summed E-state index contributed by atoms with van der Waals surface area (Å²) in [5.74, 6) is 0.663. The van der Waals surface area contributed by atoms with Gasteiger partial charge in [-0.1, -0.05) is 0 Å². The van der Waals surface area contributed by atoms with E-state index in [0.717, 1.165) is 82.6 Å². The fourth-order valence-corrected chi connectivity index (χ4v) is 5.11. The van der Waals surface area contributed by atoms with Gasteiger partial charge < -0.3 is 25.3 Å². The Kier molecular flexibility index (Phi) is 6.36. The average Bonchev–Trinajstić information content (AvgIpc) is 3.41. The predicted octanol–water partition coefficient (Wildman–Crippen LogP) is 5.90. The first-order valence-corrected chi connectivity index (χ1v) is 13.6. The molecule has 1 aliphatic rings. The number of aromatic nitrogens is 6. The van der Waals surface area contributed by atoms with E-state index in [0.29, 0.717) is 11.5 Å². The van der Waals surface area contributed by atoms with Crippen molar-refractivity contribution in [2.24, 2.45) is 0 Å². The molecule has 5 aromatic heterocycles. The van der Waals surface area contributed by atoms with Gasteiger partial charge in [0.1, 0.15) is 5.69 Å². The molecule has 0 atom stereocenters. The average molecular weight is 544 g/mol. The quantitative estimate of drug-likeness (QED) is 0.236. The highest BCUT2D eigenvalue weighted by Crippen LogP contribution is 2.31. The number of H-pyrrole nitrogens is 1. The Bertz CT molecular complexity index is 1860. The minimum atomic E-state index is 0.635. The summed E-state index contributed by atoms with van der Waals surface area (Å²) in [6, 6.07) is 18.4. The van der Waals surface area contributed by atoms with Crippen LogP contribution in [0.4, 0.5) is 28.4 Å². The Balaban J connectivity index is 1.13. The van der Waals surface area contributed by atoms with Crippen molar-refractivity contribution in [3.63, 3.8) is 0 Å². The third kappa shape index (κ3) is 5.24. The topological polar surface area (TPSA) is 117 Å². The van der Waals surface area contributed by atoms with Crippen molar-refractivity contribution in [1.29, 1.82) is 0 Å². The number of hydrogen-bond donors (Lipinski definition) is 3. The van der Waals surface area contributed by atoms with E-state index in [1.165, 1.54) is 5.69 Å². The van der Waals surface area contributed by atoms with Gasteiger partial charge >= 0.3 is 0 Å². The van der Waals surface area contributed by atoms with Crippen molar-refractivity contribution >= 4 is 50.5 Å². The Labute approximate surface area is 236 Å². The predicted molar refractivity (Wildman–Crippen MR) is 162 cm³/mol. The number of pyridine rings is 4. The smallest absolute Gasteiger partial charge is 0.178 e. The molecule has 0 radical (unpaired) electrons. The molecule has 10 nitrogen and oxygen atoms in total. The molecule has 6 heterocycles. The van der Waals surface area contributed by atoms with E-state index in [1.54, 1.807) is 12.4 Å². The van der Waals surface area contributed by atoms with Crippen LogP contribution in [0.25, 0.3) is 33.6 Å². The first-order chi connectivity index (χ1) is 20.1. The normalized spacial score (nSPS) is 13.6. The summed E-state index contributed by atoms with van der Waals surface area (Å²) in [6.45, 7) is 7.24. The molecule has 204 valence electrons. The molecule has 1 saturated heterocycles. The van der Waals surface area contributed by atoms with Crippen molar-refractivity contribution in [3.8, 4) is 11.5 Å². The molecular weight excluding hydrogens is 514 g/mol. The highest BCUT2D eigenvalue weighted by Gasteiger charge is 2.14. The van der Waals surface area contributed by atoms with Crippen LogP contribution in [0.5, 0.6) is 0 Å². The van der Waals surface area contributed by atoms with Gasteiger partial charge in [0, 0.05) is 53.1 Å². The number of anilines is 5. The van der Waals surface area contributed by atoms with Gasteiger partial charge in [0.05, 0.1) is 48.0 Å². The van der Waals surface area contributed by atoms with E-state index in [-0.39, 0.29) is 0 Å². The van der Waals surface area contributed by atoms with Crippen LogP contribution in [-0.4, -0.2) is 56.2 Å². The lowest BCUT2D eigenvalue weighted by Crippen LogP contribution is -2.36. The van der Waals surface area contributed by atoms with Crippen LogP contribution in [0, 0.1) is 13.8 Å². The van der Waals surface area contributed by atoms with Crippen LogP contribution in [0.3, 0.4) is 0 Å². The van der Waals surface area contributed by atoms with Crippen LogP contribution in [0.1, 0.15) is 11.4 Å². The fourth-order valence-electron chi connectivity index (χ4n) is 5.11. The zero-order valence-corrected chi connectivity index (χ0v) is 22.8. The lowest BCUT2D eigenvalue weighted by molar-refractivity contribution is 0.122. The van der Waals surface area contributed by atoms with E-state index in [1.807, 2.05) is 50.4 Å². The molecule has 0 aliphatic carbocycles. The number of benzene rings is 1. The highest BCUT2D eigenvalue weighted by molar-refractivity contribution is 5.95. The van der Waals surface area contributed by atoms with Gasteiger partial charge in [-0.3, -0.25) is 15.0 Å². The van der Waals surface area contributed by atoms with Gasteiger partial charge in [0.2, 0.25) is 0 Å². The summed E-state index contributed by atoms with van der Waals surface area (Å²) in [5.41, 5.74) is 9.92. The zero-order valence-electron chi connectivity index (χ0n) is 22.8. The van der Waals surface area contributed by atoms with Gasteiger partial charge in [-0.15, -0.1) is 0 Å². The lowest BCUT2D eigenvalue weighted by atomic mass is 10.1. The van der Waals surface area contributed by atoms with Gasteiger partial charge in [0.25, 0.3) is 0 Å². The summed E-state index contributed by atoms with van der Waals surface area (Å²) in [7, 11) is 0. The number of imidazole rings is 1. The van der Waals surface area contributed by atoms with Crippen molar-refractivity contribution < 1.29 is 4.74 Å². The molecule has 1 aliphatic heterocycles. The molecule has 0 amide bonds. The number of ether oxygens (including phenoxy) is 1. The van der Waals surface area contributed by atoms with Gasteiger partial charge in [-0.25, -0.2) is 9.97 Å².